The van der Waals surface area contributed by atoms with Crippen molar-refractivity contribution in [2.45, 2.75) is 44.6 Å². The number of pyridine rings is 1. The van der Waals surface area contributed by atoms with Gasteiger partial charge in [-0.2, -0.15) is 0 Å². The van der Waals surface area contributed by atoms with Gasteiger partial charge in [0.1, 0.15) is 0 Å². The van der Waals surface area contributed by atoms with Gasteiger partial charge in [0.25, 0.3) is 5.91 Å². The van der Waals surface area contributed by atoms with Gasteiger partial charge in [0.2, 0.25) is 10.0 Å². The average molecular weight is 390 g/mol. The lowest BCUT2D eigenvalue weighted by atomic mass is 10.1. The standard InChI is InChI=1S/C20H27N3O3S/c1-5-6-12-23(4)27(25,26)19-9-7-8-17(13-19)20(24)22-16(3)18-11-10-15(2)21-14-18/h7-11,13-14,16H,5-6,12H2,1-4H3,(H,22,24)/t16-/m0/s1. The fourth-order valence-corrected chi connectivity index (χ4v) is 3.83. The summed E-state index contributed by atoms with van der Waals surface area (Å²) in [6.45, 7) is 6.22. The Balaban J connectivity index is 2.16. The minimum Gasteiger partial charge on any atom is -0.345 e. The van der Waals surface area contributed by atoms with Gasteiger partial charge in [-0.25, -0.2) is 12.7 Å². The lowest BCUT2D eigenvalue weighted by Gasteiger charge is -2.18. The van der Waals surface area contributed by atoms with Gasteiger partial charge >= 0.3 is 0 Å². The maximum atomic E-state index is 12.7. The van der Waals surface area contributed by atoms with Crippen LogP contribution in [0.2, 0.25) is 0 Å². The molecular weight excluding hydrogens is 362 g/mol. The number of nitrogens with zero attached hydrogens (tertiary/aromatic N) is 2. The molecule has 1 aromatic heterocycles. The summed E-state index contributed by atoms with van der Waals surface area (Å²) in [5.41, 5.74) is 2.10. The number of sulfonamides is 1. The Kier molecular flexibility index (Phi) is 7.10. The van der Waals surface area contributed by atoms with Gasteiger partial charge in [-0.3, -0.25) is 9.78 Å². The molecule has 2 rings (SSSR count). The first-order valence-corrected chi connectivity index (χ1v) is 10.5. The average Bonchev–Trinajstić information content (AvgIpc) is 2.66. The fourth-order valence-electron chi connectivity index (χ4n) is 2.58. The predicted octanol–water partition coefficient (Wildman–Crippen LogP) is 3.30. The summed E-state index contributed by atoms with van der Waals surface area (Å²) < 4.78 is 26.7. The summed E-state index contributed by atoms with van der Waals surface area (Å²) >= 11 is 0. The smallest absolute Gasteiger partial charge is 0.251 e. The van der Waals surface area contributed by atoms with Crippen molar-refractivity contribution in [1.29, 1.82) is 0 Å². The molecule has 0 fully saturated rings. The van der Waals surface area contributed by atoms with Crippen LogP contribution < -0.4 is 5.32 Å². The van der Waals surface area contributed by atoms with E-state index in [1.807, 2.05) is 32.9 Å². The number of nitrogens with one attached hydrogen (secondary N) is 1. The number of hydrogen-bond donors (Lipinski definition) is 1. The molecule has 2 aromatic rings. The zero-order valence-electron chi connectivity index (χ0n) is 16.3. The summed E-state index contributed by atoms with van der Waals surface area (Å²) in [5, 5.41) is 2.89. The van der Waals surface area contributed by atoms with Crippen molar-refractivity contribution in [3.8, 4) is 0 Å². The molecule has 0 saturated heterocycles. The number of rotatable bonds is 8. The van der Waals surface area contributed by atoms with E-state index in [9.17, 15) is 13.2 Å². The highest BCUT2D eigenvalue weighted by Gasteiger charge is 2.22. The zero-order chi connectivity index (χ0) is 20.0. The first-order valence-electron chi connectivity index (χ1n) is 9.05. The highest BCUT2D eigenvalue weighted by atomic mass is 32.2. The maximum Gasteiger partial charge on any atom is 0.251 e. The van der Waals surface area contributed by atoms with Crippen molar-refractivity contribution in [1.82, 2.24) is 14.6 Å². The van der Waals surface area contributed by atoms with Crippen LogP contribution in [0, 0.1) is 6.92 Å². The zero-order valence-corrected chi connectivity index (χ0v) is 17.1. The minimum absolute atomic E-state index is 0.124. The van der Waals surface area contributed by atoms with Crippen LogP contribution in [0.15, 0.2) is 47.5 Å². The number of benzene rings is 1. The topological polar surface area (TPSA) is 79.4 Å². The molecule has 1 amide bonds. The second-order valence-corrected chi connectivity index (χ2v) is 8.68. The summed E-state index contributed by atoms with van der Waals surface area (Å²) in [4.78, 5) is 16.9. The fraction of sp³-hybridized carbons (Fsp3) is 0.400. The van der Waals surface area contributed by atoms with Gasteiger partial charge < -0.3 is 5.32 Å². The molecule has 0 spiro atoms. The Bertz CT molecular complexity index is 880. The van der Waals surface area contributed by atoms with E-state index in [-0.39, 0.29) is 16.8 Å². The number of carbonyl (C=O) groups excluding carboxylic acids is 1. The Morgan fingerprint density at radius 1 is 1.26 bits per heavy atom. The van der Waals surface area contributed by atoms with E-state index < -0.39 is 10.0 Å². The molecule has 0 aliphatic carbocycles. The van der Waals surface area contributed by atoms with E-state index in [1.54, 1.807) is 25.4 Å². The normalized spacial score (nSPS) is 12.8. The number of aryl methyl sites for hydroxylation is 1. The highest BCUT2D eigenvalue weighted by molar-refractivity contribution is 7.89. The number of unbranched alkanes of at least 4 members (excludes halogenated alkanes) is 1. The molecule has 0 aliphatic rings. The molecule has 1 N–H and O–H groups in total. The van der Waals surface area contributed by atoms with Crippen molar-refractivity contribution < 1.29 is 13.2 Å². The summed E-state index contributed by atoms with van der Waals surface area (Å²) in [6.07, 6.45) is 3.43. The van der Waals surface area contributed by atoms with Crippen molar-refractivity contribution in [3.05, 3.63) is 59.4 Å². The van der Waals surface area contributed by atoms with Crippen LogP contribution in [0.1, 0.15) is 54.3 Å². The molecule has 0 radical (unpaired) electrons. The van der Waals surface area contributed by atoms with E-state index in [0.29, 0.717) is 12.1 Å². The van der Waals surface area contributed by atoms with Crippen LogP contribution >= 0.6 is 0 Å². The van der Waals surface area contributed by atoms with Crippen molar-refractivity contribution in [2.24, 2.45) is 0 Å². The SMILES string of the molecule is CCCCN(C)S(=O)(=O)c1cccc(C(=O)N[C@@H](C)c2ccc(C)nc2)c1. The van der Waals surface area contributed by atoms with Crippen LogP contribution in [0.3, 0.4) is 0 Å². The largest absolute Gasteiger partial charge is 0.345 e. The number of aromatic nitrogens is 1. The number of amides is 1. The first kappa shape index (κ1) is 21.1. The Morgan fingerprint density at radius 2 is 2.00 bits per heavy atom. The van der Waals surface area contributed by atoms with E-state index in [0.717, 1.165) is 24.1 Å². The van der Waals surface area contributed by atoms with Crippen molar-refractivity contribution in [3.63, 3.8) is 0 Å². The molecule has 146 valence electrons. The molecule has 0 aliphatic heterocycles. The molecule has 6 nitrogen and oxygen atoms in total. The molecule has 0 saturated carbocycles. The van der Waals surface area contributed by atoms with Gasteiger partial charge in [-0.05, 0) is 50.1 Å². The Hall–Kier alpha value is -2.25. The van der Waals surface area contributed by atoms with Gasteiger partial charge in [0.05, 0.1) is 10.9 Å². The molecule has 0 unspecified atom stereocenters. The first-order chi connectivity index (χ1) is 12.8. The number of carbonyl (C=O) groups is 1. The van der Waals surface area contributed by atoms with E-state index >= 15 is 0 Å². The van der Waals surface area contributed by atoms with Gasteiger partial charge in [0.15, 0.2) is 0 Å². The van der Waals surface area contributed by atoms with Gasteiger partial charge in [0, 0.05) is 31.0 Å². The van der Waals surface area contributed by atoms with Crippen LogP contribution in [-0.2, 0) is 10.0 Å². The van der Waals surface area contributed by atoms with Crippen LogP contribution in [-0.4, -0.2) is 37.2 Å². The second-order valence-electron chi connectivity index (χ2n) is 6.64. The molecule has 1 heterocycles. The van der Waals surface area contributed by atoms with E-state index in [4.69, 9.17) is 0 Å². The maximum absolute atomic E-state index is 12.7. The highest BCUT2D eigenvalue weighted by Crippen LogP contribution is 2.18. The summed E-state index contributed by atoms with van der Waals surface area (Å²) in [6, 6.07) is 9.70. The van der Waals surface area contributed by atoms with Crippen molar-refractivity contribution in [2.75, 3.05) is 13.6 Å². The van der Waals surface area contributed by atoms with Crippen LogP contribution in [0.25, 0.3) is 0 Å². The van der Waals surface area contributed by atoms with E-state index in [1.165, 1.54) is 16.4 Å². The van der Waals surface area contributed by atoms with Crippen LogP contribution in [0.4, 0.5) is 0 Å². The Labute approximate surface area is 161 Å². The Morgan fingerprint density at radius 3 is 2.63 bits per heavy atom. The van der Waals surface area contributed by atoms with Gasteiger partial charge in [-0.1, -0.05) is 25.5 Å². The monoisotopic (exact) mass is 389 g/mol. The predicted molar refractivity (Wildman–Crippen MR) is 106 cm³/mol. The molecule has 1 atom stereocenters. The summed E-state index contributed by atoms with van der Waals surface area (Å²) in [7, 11) is -2.05. The minimum atomic E-state index is -3.61. The molecule has 1 aromatic carbocycles. The molecular formula is C20H27N3O3S. The molecule has 27 heavy (non-hydrogen) atoms. The van der Waals surface area contributed by atoms with Crippen molar-refractivity contribution >= 4 is 15.9 Å². The van der Waals surface area contributed by atoms with E-state index in [2.05, 4.69) is 10.3 Å². The lowest BCUT2D eigenvalue weighted by Crippen LogP contribution is -2.29. The third-order valence-electron chi connectivity index (χ3n) is 4.41. The number of hydrogen-bond acceptors (Lipinski definition) is 4. The molecule has 7 heteroatoms. The van der Waals surface area contributed by atoms with Crippen LogP contribution in [0.5, 0.6) is 0 Å². The van der Waals surface area contributed by atoms with Gasteiger partial charge in [-0.15, -0.1) is 0 Å². The third-order valence-corrected chi connectivity index (χ3v) is 6.27. The molecule has 0 bridgehead atoms. The lowest BCUT2D eigenvalue weighted by molar-refractivity contribution is 0.0939. The second kappa shape index (κ2) is 9.10. The quantitative estimate of drug-likeness (QED) is 0.751. The third kappa shape index (κ3) is 5.37. The summed E-state index contributed by atoms with van der Waals surface area (Å²) in [5.74, 6) is -0.323.